The van der Waals surface area contributed by atoms with Gasteiger partial charge in [0.1, 0.15) is 0 Å². The first-order valence-electron chi connectivity index (χ1n) is 12.8. The smallest absolute Gasteiger partial charge is 0.0727 e. The number of piperazine rings is 1. The summed E-state index contributed by atoms with van der Waals surface area (Å²) in [6.45, 7) is 14.9. The number of nitrogens with zero attached hydrogens (tertiary/aromatic N) is 5. The van der Waals surface area contributed by atoms with Gasteiger partial charge >= 0.3 is 0 Å². The Morgan fingerprint density at radius 1 is 1.11 bits per heavy atom. The number of benzene rings is 1. The molecule has 6 heteroatoms. The standard InChI is InChI=1S/C29H34ClN5/c1-4-5-6-20(2)34-13-15-35(16-14-34)21(3)22-7-9-24-26(17-22)33-27-18-23(8-10-25(27)29(24)30)28-19-31-11-12-32-28/h7,9,11-12,17,19,23H,2-6,8,10,13-16,18H2,1H3. The Morgan fingerprint density at radius 2 is 1.91 bits per heavy atom. The number of hydrogen-bond acceptors (Lipinski definition) is 5. The summed E-state index contributed by atoms with van der Waals surface area (Å²) in [6, 6.07) is 6.41. The van der Waals surface area contributed by atoms with Crippen LogP contribution in [0.4, 0.5) is 0 Å². The molecule has 1 unspecified atom stereocenters. The summed E-state index contributed by atoms with van der Waals surface area (Å²) >= 11 is 6.90. The Balaban J connectivity index is 1.33. The summed E-state index contributed by atoms with van der Waals surface area (Å²) in [5, 5.41) is 1.87. The third kappa shape index (κ3) is 4.92. The Morgan fingerprint density at radius 3 is 2.66 bits per heavy atom. The molecule has 0 radical (unpaired) electrons. The summed E-state index contributed by atoms with van der Waals surface area (Å²) in [7, 11) is 0. The van der Waals surface area contributed by atoms with E-state index in [1.807, 2.05) is 6.20 Å². The first kappa shape index (κ1) is 23.8. The maximum absolute atomic E-state index is 6.90. The van der Waals surface area contributed by atoms with Gasteiger partial charge in [0.25, 0.3) is 0 Å². The first-order chi connectivity index (χ1) is 17.0. The molecule has 2 aliphatic rings. The van der Waals surface area contributed by atoms with Crippen LogP contribution in [0, 0.1) is 0 Å². The fourth-order valence-electron chi connectivity index (χ4n) is 5.36. The van der Waals surface area contributed by atoms with Gasteiger partial charge in [-0.3, -0.25) is 15.0 Å². The molecule has 0 bridgehead atoms. The van der Waals surface area contributed by atoms with E-state index < -0.39 is 0 Å². The van der Waals surface area contributed by atoms with Gasteiger partial charge in [-0.05, 0) is 49.3 Å². The van der Waals surface area contributed by atoms with Crippen molar-refractivity contribution in [2.24, 2.45) is 0 Å². The van der Waals surface area contributed by atoms with Gasteiger partial charge in [0.15, 0.2) is 0 Å². The minimum Gasteiger partial charge on any atom is -0.372 e. The van der Waals surface area contributed by atoms with Gasteiger partial charge in [0, 0.05) is 73.2 Å². The molecule has 5 rings (SSSR count). The average molecular weight is 488 g/mol. The zero-order chi connectivity index (χ0) is 24.4. The highest BCUT2D eigenvalue weighted by atomic mass is 35.5. The van der Waals surface area contributed by atoms with E-state index in [0.29, 0.717) is 5.92 Å². The van der Waals surface area contributed by atoms with Gasteiger partial charge in [-0.25, -0.2) is 0 Å². The highest BCUT2D eigenvalue weighted by Crippen LogP contribution is 2.38. The third-order valence-corrected chi connectivity index (χ3v) is 7.98. The summed E-state index contributed by atoms with van der Waals surface area (Å²) in [6.07, 6.45) is 11.7. The lowest BCUT2D eigenvalue weighted by Gasteiger charge is -2.39. The van der Waals surface area contributed by atoms with E-state index in [-0.39, 0.29) is 0 Å². The third-order valence-electron chi connectivity index (χ3n) is 7.55. The van der Waals surface area contributed by atoms with Gasteiger partial charge in [-0.2, -0.15) is 0 Å². The van der Waals surface area contributed by atoms with Crippen molar-refractivity contribution in [3.63, 3.8) is 0 Å². The van der Waals surface area contributed by atoms with Gasteiger partial charge < -0.3 is 9.80 Å². The van der Waals surface area contributed by atoms with Crippen LogP contribution < -0.4 is 0 Å². The van der Waals surface area contributed by atoms with Crippen LogP contribution in [0.15, 0.2) is 55.6 Å². The number of aromatic nitrogens is 3. The molecule has 3 heterocycles. The average Bonchev–Trinajstić information content (AvgIpc) is 2.91. The molecule has 2 aromatic heterocycles. The van der Waals surface area contributed by atoms with Gasteiger partial charge in [-0.1, -0.05) is 50.2 Å². The number of allylic oxidation sites excluding steroid dienone is 1. The van der Waals surface area contributed by atoms with Gasteiger partial charge in [0.2, 0.25) is 0 Å². The Bertz CT molecular complexity index is 1230. The van der Waals surface area contributed by atoms with Gasteiger partial charge in [0.05, 0.1) is 16.2 Å². The van der Waals surface area contributed by atoms with E-state index in [1.54, 1.807) is 12.4 Å². The summed E-state index contributed by atoms with van der Waals surface area (Å²) in [5.41, 5.74) is 7.69. The largest absolute Gasteiger partial charge is 0.372 e. The van der Waals surface area contributed by atoms with E-state index in [4.69, 9.17) is 16.6 Å². The van der Waals surface area contributed by atoms with Crippen molar-refractivity contribution >= 4 is 28.2 Å². The molecule has 182 valence electrons. The van der Waals surface area contributed by atoms with E-state index in [9.17, 15) is 0 Å². The van der Waals surface area contributed by atoms with E-state index in [1.165, 1.54) is 24.1 Å². The highest BCUT2D eigenvalue weighted by molar-refractivity contribution is 6.36. The second-order valence-electron chi connectivity index (χ2n) is 9.74. The first-order valence-corrected chi connectivity index (χ1v) is 13.2. The fraction of sp³-hybridized carbons (Fsp3) is 0.414. The predicted molar refractivity (Wildman–Crippen MR) is 144 cm³/mol. The fourth-order valence-corrected chi connectivity index (χ4v) is 5.72. The summed E-state index contributed by atoms with van der Waals surface area (Å²) in [4.78, 5) is 18.7. The van der Waals surface area contributed by atoms with Crippen molar-refractivity contribution in [3.8, 4) is 0 Å². The van der Waals surface area contributed by atoms with Crippen LogP contribution in [0.1, 0.15) is 61.0 Å². The minimum absolute atomic E-state index is 0.332. The molecule has 0 spiro atoms. The van der Waals surface area contributed by atoms with E-state index in [2.05, 4.69) is 58.0 Å². The summed E-state index contributed by atoms with van der Waals surface area (Å²) in [5.74, 6) is 0.332. The molecule has 1 fully saturated rings. The monoisotopic (exact) mass is 487 g/mol. The van der Waals surface area contributed by atoms with Crippen molar-refractivity contribution in [2.45, 2.75) is 51.4 Å². The Labute approximate surface area is 213 Å². The lowest BCUT2D eigenvalue weighted by atomic mass is 9.84. The maximum Gasteiger partial charge on any atom is 0.0727 e. The van der Waals surface area contributed by atoms with Crippen molar-refractivity contribution < 1.29 is 0 Å². The topological polar surface area (TPSA) is 45.2 Å². The molecule has 1 aliphatic heterocycles. The molecule has 0 amide bonds. The molecular weight excluding hydrogens is 454 g/mol. The molecule has 3 aromatic rings. The van der Waals surface area contributed by atoms with Crippen LogP contribution in [0.3, 0.4) is 0 Å². The molecular formula is C29H34ClN5. The van der Waals surface area contributed by atoms with Crippen molar-refractivity contribution in [2.75, 3.05) is 26.2 Å². The number of unbranched alkanes of at least 4 members (excludes halogenated alkanes) is 1. The van der Waals surface area contributed by atoms with Crippen LogP contribution in [0.5, 0.6) is 0 Å². The normalized spacial score (nSPS) is 17.9. The summed E-state index contributed by atoms with van der Waals surface area (Å²) < 4.78 is 0. The number of fused-ring (bicyclic) bond motifs is 2. The molecule has 1 atom stereocenters. The lowest BCUT2D eigenvalue weighted by Crippen LogP contribution is -2.44. The highest BCUT2D eigenvalue weighted by Gasteiger charge is 2.26. The van der Waals surface area contributed by atoms with E-state index in [0.717, 1.165) is 90.4 Å². The SMILES string of the molecule is C=C(CCCC)N1CCN(C(=C)c2ccc3c(Cl)c4c(nc3c2)CC(c2cnccn2)CC4)CC1. The number of rotatable bonds is 7. The molecule has 1 saturated heterocycles. The van der Waals surface area contributed by atoms with Crippen LogP contribution in [0.2, 0.25) is 5.02 Å². The second kappa shape index (κ2) is 10.4. The second-order valence-corrected chi connectivity index (χ2v) is 10.1. The zero-order valence-corrected chi connectivity index (χ0v) is 21.4. The van der Waals surface area contributed by atoms with Crippen LogP contribution >= 0.6 is 11.6 Å². The van der Waals surface area contributed by atoms with Crippen molar-refractivity contribution in [1.29, 1.82) is 0 Å². The molecule has 0 N–H and O–H groups in total. The zero-order valence-electron chi connectivity index (χ0n) is 20.6. The van der Waals surface area contributed by atoms with Crippen LogP contribution in [-0.2, 0) is 12.8 Å². The molecule has 35 heavy (non-hydrogen) atoms. The Hall–Kier alpha value is -2.92. The van der Waals surface area contributed by atoms with Crippen LogP contribution in [-0.4, -0.2) is 50.9 Å². The predicted octanol–water partition coefficient (Wildman–Crippen LogP) is 6.24. The maximum atomic E-state index is 6.90. The number of halogens is 1. The minimum atomic E-state index is 0.332. The molecule has 1 aliphatic carbocycles. The number of pyridine rings is 1. The molecule has 5 nitrogen and oxygen atoms in total. The van der Waals surface area contributed by atoms with Gasteiger partial charge in [-0.15, -0.1) is 0 Å². The molecule has 1 aromatic carbocycles. The van der Waals surface area contributed by atoms with Crippen molar-refractivity contribution in [3.05, 3.63) is 83.2 Å². The quantitative estimate of drug-likeness (QED) is 0.394. The lowest BCUT2D eigenvalue weighted by molar-refractivity contribution is 0.209. The Kier molecular flexibility index (Phi) is 7.05. The van der Waals surface area contributed by atoms with Crippen LogP contribution in [0.25, 0.3) is 16.6 Å². The molecule has 0 saturated carbocycles. The van der Waals surface area contributed by atoms with E-state index >= 15 is 0 Å². The van der Waals surface area contributed by atoms with Crippen molar-refractivity contribution in [1.82, 2.24) is 24.8 Å². The number of hydrogen-bond donors (Lipinski definition) is 0.